The summed E-state index contributed by atoms with van der Waals surface area (Å²) in [7, 11) is 0. The summed E-state index contributed by atoms with van der Waals surface area (Å²) >= 11 is 0. The quantitative estimate of drug-likeness (QED) is 0.602. The monoisotopic (exact) mass is 468 g/mol. The fourth-order valence-corrected chi connectivity index (χ4v) is 4.23. The fourth-order valence-electron chi connectivity index (χ4n) is 4.23. The summed E-state index contributed by atoms with van der Waals surface area (Å²) < 4.78 is 19.8. The van der Waals surface area contributed by atoms with Crippen LogP contribution in [-0.4, -0.2) is 35.9 Å². The minimum Gasteiger partial charge on any atom is -0.481 e. The molecule has 2 aromatic rings. The summed E-state index contributed by atoms with van der Waals surface area (Å²) in [6.45, 7) is 12.9. The van der Waals surface area contributed by atoms with Gasteiger partial charge in [-0.05, 0) is 59.7 Å². The number of fused-ring (bicyclic) bond motifs is 1. The van der Waals surface area contributed by atoms with Gasteiger partial charge in [0, 0.05) is 18.5 Å². The Morgan fingerprint density at radius 1 is 1.15 bits per heavy atom. The average molecular weight is 469 g/mol. The highest BCUT2D eigenvalue weighted by molar-refractivity contribution is 5.83. The first-order chi connectivity index (χ1) is 16.0. The summed E-state index contributed by atoms with van der Waals surface area (Å²) in [6, 6.07) is 11.8. The molecule has 1 N–H and O–H groups in total. The van der Waals surface area contributed by atoms with Crippen molar-refractivity contribution in [2.24, 2.45) is 11.3 Å². The SMILES string of the molecule is CC[C@H](Oc1ccc2c(c1)[C@H](c1ccc(F)cc1)N(C(=O)C(C)(C)C)CC2)C(=O)NCC(C)C. The number of benzene rings is 2. The van der Waals surface area contributed by atoms with Crippen molar-refractivity contribution in [2.45, 2.75) is 66.5 Å². The first kappa shape index (κ1) is 25.7. The maximum Gasteiger partial charge on any atom is 0.261 e. The van der Waals surface area contributed by atoms with E-state index >= 15 is 0 Å². The summed E-state index contributed by atoms with van der Waals surface area (Å²) in [5.41, 5.74) is 2.37. The molecule has 0 fully saturated rings. The summed E-state index contributed by atoms with van der Waals surface area (Å²) in [4.78, 5) is 27.9. The Hall–Kier alpha value is -2.89. The molecule has 0 saturated heterocycles. The highest BCUT2D eigenvalue weighted by Crippen LogP contribution is 2.39. The molecule has 184 valence electrons. The van der Waals surface area contributed by atoms with Gasteiger partial charge in [0.25, 0.3) is 5.91 Å². The molecule has 0 aromatic heterocycles. The lowest BCUT2D eigenvalue weighted by Crippen LogP contribution is -2.45. The molecule has 0 radical (unpaired) electrons. The Balaban J connectivity index is 1.97. The van der Waals surface area contributed by atoms with Gasteiger partial charge in [-0.2, -0.15) is 0 Å². The van der Waals surface area contributed by atoms with E-state index in [0.29, 0.717) is 31.2 Å². The van der Waals surface area contributed by atoms with Crippen LogP contribution in [0.5, 0.6) is 5.75 Å². The fraction of sp³-hybridized carbons (Fsp3) is 0.500. The molecule has 34 heavy (non-hydrogen) atoms. The normalized spacial score (nSPS) is 16.7. The number of halogens is 1. The molecular weight excluding hydrogens is 431 g/mol. The molecule has 0 bridgehead atoms. The zero-order chi connectivity index (χ0) is 25.0. The molecule has 2 atom stereocenters. The smallest absolute Gasteiger partial charge is 0.261 e. The highest BCUT2D eigenvalue weighted by Gasteiger charge is 2.37. The predicted molar refractivity (Wildman–Crippen MR) is 132 cm³/mol. The van der Waals surface area contributed by atoms with Gasteiger partial charge in [-0.3, -0.25) is 9.59 Å². The predicted octanol–water partition coefficient (Wildman–Crippen LogP) is 5.28. The van der Waals surface area contributed by atoms with Gasteiger partial charge >= 0.3 is 0 Å². The van der Waals surface area contributed by atoms with Crippen LogP contribution < -0.4 is 10.1 Å². The Bertz CT molecular complexity index is 1010. The van der Waals surface area contributed by atoms with E-state index in [1.54, 1.807) is 12.1 Å². The van der Waals surface area contributed by atoms with Gasteiger partial charge in [0.15, 0.2) is 6.10 Å². The van der Waals surface area contributed by atoms with E-state index in [0.717, 1.165) is 23.1 Å². The van der Waals surface area contributed by atoms with Crippen molar-refractivity contribution in [1.82, 2.24) is 10.2 Å². The number of carbonyl (C=O) groups is 2. The van der Waals surface area contributed by atoms with Gasteiger partial charge in [0.05, 0.1) is 6.04 Å². The minimum atomic E-state index is -0.600. The second-order valence-corrected chi connectivity index (χ2v) is 10.5. The number of hydrogen-bond donors (Lipinski definition) is 1. The maximum absolute atomic E-state index is 13.7. The molecule has 1 aliphatic heterocycles. The van der Waals surface area contributed by atoms with Crippen LogP contribution in [0.1, 0.15) is 70.7 Å². The van der Waals surface area contributed by atoms with Crippen molar-refractivity contribution < 1.29 is 18.7 Å². The third-order valence-electron chi connectivity index (χ3n) is 6.06. The third-order valence-corrected chi connectivity index (χ3v) is 6.06. The van der Waals surface area contributed by atoms with Gasteiger partial charge in [0.1, 0.15) is 11.6 Å². The lowest BCUT2D eigenvalue weighted by molar-refractivity contribution is -0.141. The van der Waals surface area contributed by atoms with E-state index in [1.807, 2.05) is 64.6 Å². The van der Waals surface area contributed by atoms with Gasteiger partial charge in [-0.15, -0.1) is 0 Å². The molecule has 1 aliphatic rings. The lowest BCUT2D eigenvalue weighted by atomic mass is 9.85. The molecule has 2 aromatic carbocycles. The summed E-state index contributed by atoms with van der Waals surface area (Å²) in [6.07, 6.45) is 0.662. The van der Waals surface area contributed by atoms with Crippen LogP contribution in [0.4, 0.5) is 4.39 Å². The van der Waals surface area contributed by atoms with Crippen LogP contribution in [0.2, 0.25) is 0 Å². The average Bonchev–Trinajstić information content (AvgIpc) is 2.79. The standard InChI is InChI=1S/C28H37FN2O3/c1-7-24(26(32)30-17-18(2)3)34-22-13-10-19-14-15-31(27(33)28(4,5)6)25(23(19)16-22)20-8-11-21(29)12-9-20/h8-13,16,18,24-25H,7,14-15,17H2,1-6H3,(H,30,32)/t24-,25-/m0/s1. The van der Waals surface area contributed by atoms with E-state index < -0.39 is 11.5 Å². The molecule has 0 aliphatic carbocycles. The molecular formula is C28H37FN2O3. The van der Waals surface area contributed by atoms with Crippen LogP contribution in [0, 0.1) is 17.2 Å². The van der Waals surface area contributed by atoms with Crippen molar-refractivity contribution in [3.63, 3.8) is 0 Å². The Morgan fingerprint density at radius 2 is 1.82 bits per heavy atom. The number of carbonyl (C=O) groups excluding carboxylic acids is 2. The lowest BCUT2D eigenvalue weighted by Gasteiger charge is -2.41. The number of amides is 2. The molecule has 2 amide bonds. The first-order valence-corrected chi connectivity index (χ1v) is 12.1. The Kier molecular flexibility index (Phi) is 8.01. The van der Waals surface area contributed by atoms with Crippen LogP contribution in [-0.2, 0) is 16.0 Å². The second kappa shape index (κ2) is 10.6. The molecule has 6 heteroatoms. The van der Waals surface area contributed by atoms with Crippen LogP contribution in [0.25, 0.3) is 0 Å². The van der Waals surface area contributed by atoms with Crippen LogP contribution >= 0.6 is 0 Å². The number of nitrogens with zero attached hydrogens (tertiary/aromatic N) is 1. The molecule has 5 nitrogen and oxygen atoms in total. The van der Waals surface area contributed by atoms with Crippen molar-refractivity contribution >= 4 is 11.8 Å². The van der Waals surface area contributed by atoms with Gasteiger partial charge in [-0.25, -0.2) is 4.39 Å². The summed E-state index contributed by atoms with van der Waals surface area (Å²) in [5.74, 6) is 0.533. The zero-order valence-corrected chi connectivity index (χ0v) is 21.2. The van der Waals surface area contributed by atoms with Crippen molar-refractivity contribution in [1.29, 1.82) is 0 Å². The Morgan fingerprint density at radius 3 is 2.41 bits per heavy atom. The molecule has 0 unspecified atom stereocenters. The maximum atomic E-state index is 13.7. The topological polar surface area (TPSA) is 58.6 Å². The highest BCUT2D eigenvalue weighted by atomic mass is 19.1. The second-order valence-electron chi connectivity index (χ2n) is 10.5. The minimum absolute atomic E-state index is 0.0401. The van der Waals surface area contributed by atoms with E-state index in [-0.39, 0.29) is 23.7 Å². The van der Waals surface area contributed by atoms with E-state index in [1.165, 1.54) is 12.1 Å². The van der Waals surface area contributed by atoms with E-state index in [2.05, 4.69) is 5.32 Å². The van der Waals surface area contributed by atoms with Gasteiger partial charge in [-0.1, -0.05) is 59.7 Å². The van der Waals surface area contributed by atoms with Crippen LogP contribution in [0.3, 0.4) is 0 Å². The zero-order valence-electron chi connectivity index (χ0n) is 21.2. The van der Waals surface area contributed by atoms with Gasteiger partial charge < -0.3 is 15.0 Å². The van der Waals surface area contributed by atoms with Crippen molar-refractivity contribution in [2.75, 3.05) is 13.1 Å². The number of rotatable bonds is 7. The van der Waals surface area contributed by atoms with Crippen molar-refractivity contribution in [3.05, 3.63) is 65.0 Å². The van der Waals surface area contributed by atoms with Gasteiger partial charge in [0.2, 0.25) is 5.91 Å². The molecule has 0 spiro atoms. The van der Waals surface area contributed by atoms with E-state index in [9.17, 15) is 14.0 Å². The van der Waals surface area contributed by atoms with Crippen LogP contribution in [0.15, 0.2) is 42.5 Å². The molecule has 3 rings (SSSR count). The molecule has 0 saturated carbocycles. The molecule has 1 heterocycles. The number of ether oxygens (including phenoxy) is 1. The number of hydrogen-bond acceptors (Lipinski definition) is 3. The Labute approximate surface area is 202 Å². The van der Waals surface area contributed by atoms with E-state index in [4.69, 9.17) is 4.74 Å². The summed E-state index contributed by atoms with van der Waals surface area (Å²) in [5, 5.41) is 2.94. The third kappa shape index (κ3) is 5.96. The van der Waals surface area contributed by atoms with Crippen molar-refractivity contribution in [3.8, 4) is 5.75 Å². The first-order valence-electron chi connectivity index (χ1n) is 12.1. The number of nitrogens with one attached hydrogen (secondary N) is 1. The largest absolute Gasteiger partial charge is 0.481 e.